The number of amides is 1. The maximum Gasteiger partial charge on any atom is 0.255 e. The van der Waals surface area contributed by atoms with Crippen molar-refractivity contribution in [2.45, 2.75) is 0 Å². The zero-order valence-corrected chi connectivity index (χ0v) is 6.23. The molecule has 5 heteroatoms. The van der Waals surface area contributed by atoms with E-state index >= 15 is 0 Å². The van der Waals surface area contributed by atoms with Gasteiger partial charge in [-0.25, -0.2) is 0 Å². The van der Waals surface area contributed by atoms with Crippen molar-refractivity contribution in [3.63, 3.8) is 0 Å². The third kappa shape index (κ3) is 1.08. The van der Waals surface area contributed by atoms with Gasteiger partial charge in [-0.3, -0.25) is 4.79 Å². The molecular weight excluding hydrogens is 150 g/mol. The molecule has 0 aliphatic carbocycles. The van der Waals surface area contributed by atoms with Crippen LogP contribution < -0.4 is 11.1 Å². The molecule has 0 atom stereocenters. The van der Waals surface area contributed by atoms with Crippen LogP contribution in [0.25, 0.3) is 0 Å². The Balaban J connectivity index is 2.93. The average Bonchev–Trinajstić information content (AvgIpc) is 2.34. The molecule has 0 spiro atoms. The molecule has 0 fully saturated rings. The standard InChI is InChI=1S/C5H7N3OS/c1-7-5(9)3-2-8-10-4(3)6/h2H,6H2,1H3,(H,7,9). The lowest BCUT2D eigenvalue weighted by atomic mass is 10.3. The zero-order chi connectivity index (χ0) is 7.56. The van der Waals surface area contributed by atoms with Crippen LogP contribution >= 0.6 is 11.5 Å². The number of nitrogens with two attached hydrogens (primary N) is 1. The second-order valence-electron chi connectivity index (χ2n) is 1.68. The van der Waals surface area contributed by atoms with Crippen LogP contribution in [0, 0.1) is 0 Å². The van der Waals surface area contributed by atoms with E-state index in [1.807, 2.05) is 0 Å². The SMILES string of the molecule is CNC(=O)c1cnsc1N. The van der Waals surface area contributed by atoms with Gasteiger partial charge in [0.25, 0.3) is 5.91 Å². The predicted molar refractivity (Wildman–Crippen MR) is 39.9 cm³/mol. The molecule has 0 aliphatic rings. The van der Waals surface area contributed by atoms with E-state index in [9.17, 15) is 4.79 Å². The van der Waals surface area contributed by atoms with E-state index in [0.717, 1.165) is 11.5 Å². The van der Waals surface area contributed by atoms with Crippen LogP contribution in [0.15, 0.2) is 6.20 Å². The molecule has 1 heterocycles. The van der Waals surface area contributed by atoms with Crippen LogP contribution in [0.4, 0.5) is 5.00 Å². The van der Waals surface area contributed by atoms with Gasteiger partial charge in [-0.15, -0.1) is 0 Å². The Labute approximate surface area is 62.2 Å². The quantitative estimate of drug-likeness (QED) is 0.606. The van der Waals surface area contributed by atoms with Gasteiger partial charge in [0, 0.05) is 7.05 Å². The number of nitrogen functional groups attached to an aromatic ring is 1. The smallest absolute Gasteiger partial charge is 0.255 e. The number of aromatic nitrogens is 1. The molecule has 0 aromatic carbocycles. The summed E-state index contributed by atoms with van der Waals surface area (Å²) in [5.74, 6) is -0.189. The van der Waals surface area contributed by atoms with E-state index in [4.69, 9.17) is 5.73 Å². The van der Waals surface area contributed by atoms with E-state index in [2.05, 4.69) is 9.69 Å². The van der Waals surface area contributed by atoms with Gasteiger partial charge in [-0.1, -0.05) is 0 Å². The molecular formula is C5H7N3OS. The lowest BCUT2D eigenvalue weighted by molar-refractivity contribution is 0.0964. The van der Waals surface area contributed by atoms with Crippen molar-refractivity contribution in [1.82, 2.24) is 9.69 Å². The number of anilines is 1. The first-order chi connectivity index (χ1) is 4.75. The van der Waals surface area contributed by atoms with Crippen molar-refractivity contribution in [3.05, 3.63) is 11.8 Å². The third-order valence-corrected chi connectivity index (χ3v) is 1.70. The molecule has 1 rings (SSSR count). The first kappa shape index (κ1) is 7.01. The molecule has 1 aromatic heterocycles. The molecule has 1 aromatic rings. The Kier molecular flexibility index (Phi) is 1.86. The van der Waals surface area contributed by atoms with Gasteiger partial charge in [0.2, 0.25) is 0 Å². The van der Waals surface area contributed by atoms with Crippen molar-refractivity contribution in [3.8, 4) is 0 Å². The van der Waals surface area contributed by atoms with Crippen LogP contribution in [0.1, 0.15) is 10.4 Å². The summed E-state index contributed by atoms with van der Waals surface area (Å²) in [6.07, 6.45) is 1.46. The zero-order valence-electron chi connectivity index (χ0n) is 5.42. The van der Waals surface area contributed by atoms with Crippen molar-refractivity contribution < 1.29 is 4.79 Å². The molecule has 0 unspecified atom stereocenters. The Bertz CT molecular complexity index is 245. The van der Waals surface area contributed by atoms with Gasteiger partial charge in [-0.2, -0.15) is 4.37 Å². The summed E-state index contributed by atoms with van der Waals surface area (Å²) in [6, 6.07) is 0. The largest absolute Gasteiger partial charge is 0.389 e. The van der Waals surface area contributed by atoms with Crippen LogP contribution in [-0.4, -0.2) is 17.3 Å². The third-order valence-electron chi connectivity index (χ3n) is 1.07. The number of carbonyl (C=O) groups excluding carboxylic acids is 1. The van der Waals surface area contributed by atoms with E-state index in [1.54, 1.807) is 7.05 Å². The summed E-state index contributed by atoms with van der Waals surface area (Å²) in [5, 5.41) is 2.91. The second-order valence-corrected chi connectivity index (χ2v) is 2.52. The number of hydrogen-bond acceptors (Lipinski definition) is 4. The Morgan fingerprint density at radius 2 is 2.60 bits per heavy atom. The molecule has 10 heavy (non-hydrogen) atoms. The van der Waals surface area contributed by atoms with E-state index in [-0.39, 0.29) is 5.91 Å². The lowest BCUT2D eigenvalue weighted by Gasteiger charge is -1.93. The van der Waals surface area contributed by atoms with Gasteiger partial charge >= 0.3 is 0 Å². The molecule has 0 saturated heterocycles. The topological polar surface area (TPSA) is 68.0 Å². The second kappa shape index (κ2) is 2.66. The fourth-order valence-electron chi connectivity index (χ4n) is 0.554. The molecule has 54 valence electrons. The summed E-state index contributed by atoms with van der Waals surface area (Å²) in [4.78, 5) is 10.9. The van der Waals surface area contributed by atoms with Crippen molar-refractivity contribution >= 4 is 22.4 Å². The summed E-state index contributed by atoms with van der Waals surface area (Å²) < 4.78 is 3.75. The number of carbonyl (C=O) groups is 1. The summed E-state index contributed by atoms with van der Waals surface area (Å²) in [7, 11) is 1.56. The van der Waals surface area contributed by atoms with Gasteiger partial charge in [0.1, 0.15) is 5.00 Å². The van der Waals surface area contributed by atoms with Crippen molar-refractivity contribution in [1.29, 1.82) is 0 Å². The highest BCUT2D eigenvalue weighted by Crippen LogP contribution is 2.14. The summed E-state index contributed by atoms with van der Waals surface area (Å²) >= 11 is 1.12. The number of nitrogens with zero attached hydrogens (tertiary/aromatic N) is 1. The van der Waals surface area contributed by atoms with Crippen LogP contribution in [0.3, 0.4) is 0 Å². The van der Waals surface area contributed by atoms with Gasteiger partial charge in [0.15, 0.2) is 0 Å². The van der Waals surface area contributed by atoms with E-state index < -0.39 is 0 Å². The molecule has 4 nitrogen and oxygen atoms in total. The van der Waals surface area contributed by atoms with Gasteiger partial charge in [-0.05, 0) is 11.5 Å². The molecule has 0 radical (unpaired) electrons. The summed E-state index contributed by atoms with van der Waals surface area (Å²) in [6.45, 7) is 0. The predicted octanol–water partition coefficient (Wildman–Crippen LogP) is 0.0849. The van der Waals surface area contributed by atoms with Crippen molar-refractivity contribution in [2.24, 2.45) is 0 Å². The highest BCUT2D eigenvalue weighted by atomic mass is 32.1. The molecule has 0 bridgehead atoms. The Morgan fingerprint density at radius 1 is 1.90 bits per heavy atom. The number of nitrogens with one attached hydrogen (secondary N) is 1. The molecule has 1 amide bonds. The van der Waals surface area contributed by atoms with Crippen LogP contribution in [0.5, 0.6) is 0 Å². The Hall–Kier alpha value is -1.10. The minimum atomic E-state index is -0.189. The minimum absolute atomic E-state index is 0.189. The average molecular weight is 157 g/mol. The normalized spacial score (nSPS) is 9.30. The van der Waals surface area contributed by atoms with Gasteiger partial charge in [0.05, 0.1) is 11.8 Å². The number of rotatable bonds is 1. The highest BCUT2D eigenvalue weighted by Gasteiger charge is 2.08. The summed E-state index contributed by atoms with van der Waals surface area (Å²) in [5.41, 5.74) is 5.86. The maximum atomic E-state index is 10.9. The fourth-order valence-corrected chi connectivity index (χ4v) is 1.07. The highest BCUT2D eigenvalue weighted by molar-refractivity contribution is 7.10. The number of hydrogen-bond donors (Lipinski definition) is 2. The Morgan fingerprint density at radius 3 is 3.00 bits per heavy atom. The van der Waals surface area contributed by atoms with E-state index in [1.165, 1.54) is 6.20 Å². The fraction of sp³-hybridized carbons (Fsp3) is 0.200. The monoisotopic (exact) mass is 157 g/mol. The first-order valence-electron chi connectivity index (χ1n) is 2.68. The maximum absolute atomic E-state index is 10.9. The van der Waals surface area contributed by atoms with Crippen LogP contribution in [-0.2, 0) is 0 Å². The minimum Gasteiger partial charge on any atom is -0.389 e. The lowest BCUT2D eigenvalue weighted by Crippen LogP contribution is -2.17. The molecule has 0 saturated carbocycles. The van der Waals surface area contributed by atoms with Crippen molar-refractivity contribution in [2.75, 3.05) is 12.8 Å². The van der Waals surface area contributed by atoms with E-state index in [0.29, 0.717) is 10.6 Å². The van der Waals surface area contributed by atoms with Crippen LogP contribution in [0.2, 0.25) is 0 Å². The first-order valence-corrected chi connectivity index (χ1v) is 3.45. The van der Waals surface area contributed by atoms with Gasteiger partial charge < -0.3 is 11.1 Å². The molecule has 0 aliphatic heterocycles. The molecule has 3 N–H and O–H groups in total.